The molecule has 9 nitrogen and oxygen atoms in total. The Bertz CT molecular complexity index is 1240. The summed E-state index contributed by atoms with van der Waals surface area (Å²) in [5.41, 5.74) is 1.31. The van der Waals surface area contributed by atoms with Crippen LogP contribution in [0.15, 0.2) is 60.7 Å². The Labute approximate surface area is 210 Å². The average Bonchev–Trinajstić information content (AvgIpc) is 3.31. The van der Waals surface area contributed by atoms with Crippen LogP contribution in [0.1, 0.15) is 46.0 Å². The summed E-state index contributed by atoms with van der Waals surface area (Å²) in [6.07, 6.45) is 0.646. The van der Waals surface area contributed by atoms with Crippen LogP contribution in [-0.4, -0.2) is 58.1 Å². The standard InChI is InChI=1S/C27H31N5O4/c1-4-36-21-12-10-19(11-13-21)14-15-28-24(33)22-16-23-25(34)31(3)27(2,18-32(23)30-22)26(35)29-17-20-8-6-5-7-9-20/h5-13,16H,4,14-15,17-18H2,1-3H3,(H,28,33)(H,29,35)/t27-/m0/s1. The zero-order chi connectivity index (χ0) is 25.7. The molecule has 2 heterocycles. The molecule has 0 radical (unpaired) electrons. The number of rotatable bonds is 9. The molecule has 3 amide bonds. The van der Waals surface area contributed by atoms with Crippen molar-refractivity contribution in [1.29, 1.82) is 0 Å². The molecule has 1 aromatic heterocycles. The second kappa shape index (κ2) is 10.6. The Morgan fingerprint density at radius 3 is 2.47 bits per heavy atom. The van der Waals surface area contributed by atoms with Gasteiger partial charge in [-0.2, -0.15) is 5.10 Å². The summed E-state index contributed by atoms with van der Waals surface area (Å²) in [7, 11) is 1.59. The monoisotopic (exact) mass is 489 g/mol. The van der Waals surface area contributed by atoms with Gasteiger partial charge in [-0.15, -0.1) is 0 Å². The van der Waals surface area contributed by atoms with E-state index < -0.39 is 5.54 Å². The molecule has 1 aliphatic rings. The smallest absolute Gasteiger partial charge is 0.272 e. The lowest BCUT2D eigenvalue weighted by Crippen LogP contribution is -2.62. The summed E-state index contributed by atoms with van der Waals surface area (Å²) in [5, 5.41) is 10.1. The molecule has 1 aliphatic heterocycles. The van der Waals surface area contributed by atoms with Gasteiger partial charge < -0.3 is 20.3 Å². The van der Waals surface area contributed by atoms with E-state index in [0.29, 0.717) is 26.1 Å². The second-order valence-electron chi connectivity index (χ2n) is 8.96. The molecule has 0 aliphatic carbocycles. The third-order valence-electron chi connectivity index (χ3n) is 6.45. The summed E-state index contributed by atoms with van der Waals surface area (Å²) < 4.78 is 6.89. The third kappa shape index (κ3) is 5.25. The summed E-state index contributed by atoms with van der Waals surface area (Å²) in [5.74, 6) is -0.206. The highest BCUT2D eigenvalue weighted by Crippen LogP contribution is 2.26. The fraction of sp³-hybridized carbons (Fsp3) is 0.333. The predicted octanol–water partition coefficient (Wildman–Crippen LogP) is 2.41. The van der Waals surface area contributed by atoms with Gasteiger partial charge >= 0.3 is 0 Å². The molecule has 2 aromatic carbocycles. The van der Waals surface area contributed by atoms with E-state index in [2.05, 4.69) is 15.7 Å². The van der Waals surface area contributed by atoms with Crippen molar-refractivity contribution in [2.45, 2.75) is 38.9 Å². The Balaban J connectivity index is 1.38. The van der Waals surface area contributed by atoms with E-state index in [1.54, 1.807) is 14.0 Å². The first-order valence-electron chi connectivity index (χ1n) is 12.0. The van der Waals surface area contributed by atoms with Gasteiger partial charge in [0.15, 0.2) is 5.69 Å². The number of hydrogen-bond acceptors (Lipinski definition) is 5. The first-order chi connectivity index (χ1) is 17.3. The minimum Gasteiger partial charge on any atom is -0.494 e. The van der Waals surface area contributed by atoms with Crippen LogP contribution in [0.3, 0.4) is 0 Å². The van der Waals surface area contributed by atoms with E-state index in [9.17, 15) is 14.4 Å². The number of carbonyl (C=O) groups excluding carboxylic acids is 3. The number of aromatic nitrogens is 2. The van der Waals surface area contributed by atoms with Gasteiger partial charge in [-0.25, -0.2) is 0 Å². The quantitative estimate of drug-likeness (QED) is 0.480. The van der Waals surface area contributed by atoms with E-state index in [-0.39, 0.29) is 35.7 Å². The second-order valence-corrected chi connectivity index (χ2v) is 8.96. The number of amides is 3. The van der Waals surface area contributed by atoms with Crippen LogP contribution in [0.4, 0.5) is 0 Å². The molecular weight excluding hydrogens is 458 g/mol. The molecule has 0 bridgehead atoms. The first-order valence-corrected chi connectivity index (χ1v) is 12.0. The number of carbonyl (C=O) groups is 3. The molecule has 0 saturated heterocycles. The fourth-order valence-electron chi connectivity index (χ4n) is 4.14. The van der Waals surface area contributed by atoms with Crippen LogP contribution in [0.5, 0.6) is 5.75 Å². The number of ether oxygens (including phenoxy) is 1. The molecule has 1 atom stereocenters. The summed E-state index contributed by atoms with van der Waals surface area (Å²) in [4.78, 5) is 40.3. The normalized spacial score (nSPS) is 16.9. The van der Waals surface area contributed by atoms with Gasteiger partial charge in [-0.1, -0.05) is 42.5 Å². The van der Waals surface area contributed by atoms with Crippen LogP contribution < -0.4 is 15.4 Å². The molecule has 0 unspecified atom stereocenters. The maximum atomic E-state index is 13.1. The van der Waals surface area contributed by atoms with Gasteiger partial charge in [0.1, 0.15) is 17.0 Å². The van der Waals surface area contributed by atoms with Crippen LogP contribution in [-0.2, 0) is 24.3 Å². The minimum atomic E-state index is -1.15. The van der Waals surface area contributed by atoms with E-state index in [1.807, 2.05) is 61.5 Å². The van der Waals surface area contributed by atoms with Gasteiger partial charge in [0, 0.05) is 26.2 Å². The van der Waals surface area contributed by atoms with E-state index in [1.165, 1.54) is 15.6 Å². The highest BCUT2D eigenvalue weighted by atomic mass is 16.5. The highest BCUT2D eigenvalue weighted by molar-refractivity contribution is 6.01. The van der Waals surface area contributed by atoms with Crippen molar-refractivity contribution in [3.8, 4) is 5.75 Å². The summed E-state index contributed by atoms with van der Waals surface area (Å²) in [6.45, 7) is 5.16. The highest BCUT2D eigenvalue weighted by Gasteiger charge is 2.46. The third-order valence-corrected chi connectivity index (χ3v) is 6.45. The number of nitrogens with zero attached hydrogens (tertiary/aromatic N) is 3. The molecule has 3 aromatic rings. The lowest BCUT2D eigenvalue weighted by molar-refractivity contribution is -0.132. The lowest BCUT2D eigenvalue weighted by Gasteiger charge is -2.40. The molecule has 36 heavy (non-hydrogen) atoms. The zero-order valence-corrected chi connectivity index (χ0v) is 20.8. The number of likely N-dealkylation sites (N-methyl/N-ethyl adjacent to an activating group) is 1. The molecule has 9 heteroatoms. The van der Waals surface area contributed by atoms with Gasteiger partial charge in [-0.3, -0.25) is 19.1 Å². The lowest BCUT2D eigenvalue weighted by atomic mass is 9.96. The van der Waals surface area contributed by atoms with Gasteiger partial charge in [0.05, 0.1) is 13.2 Å². The van der Waals surface area contributed by atoms with Gasteiger partial charge in [-0.05, 0) is 43.5 Å². The number of benzene rings is 2. The molecule has 0 saturated carbocycles. The first kappa shape index (κ1) is 25.0. The van der Waals surface area contributed by atoms with Crippen molar-refractivity contribution in [1.82, 2.24) is 25.3 Å². The van der Waals surface area contributed by atoms with Crippen LogP contribution in [0.2, 0.25) is 0 Å². The number of nitrogens with one attached hydrogen (secondary N) is 2. The average molecular weight is 490 g/mol. The Morgan fingerprint density at radius 2 is 1.78 bits per heavy atom. The van der Waals surface area contributed by atoms with E-state index >= 15 is 0 Å². The molecule has 4 rings (SSSR count). The van der Waals surface area contributed by atoms with E-state index in [4.69, 9.17) is 4.74 Å². The van der Waals surface area contributed by atoms with E-state index in [0.717, 1.165) is 16.9 Å². The SMILES string of the molecule is CCOc1ccc(CCNC(=O)c2cc3n(n2)C[C@@](C)(C(=O)NCc2ccccc2)N(C)C3=O)cc1. The predicted molar refractivity (Wildman–Crippen MR) is 135 cm³/mol. The number of fused-ring (bicyclic) bond motifs is 1. The molecule has 0 spiro atoms. The Kier molecular flexibility index (Phi) is 7.38. The van der Waals surface area contributed by atoms with Crippen molar-refractivity contribution < 1.29 is 19.1 Å². The van der Waals surface area contributed by atoms with Crippen molar-refractivity contribution in [2.75, 3.05) is 20.2 Å². The van der Waals surface area contributed by atoms with Gasteiger partial charge in [0.2, 0.25) is 5.91 Å². The minimum absolute atomic E-state index is 0.144. The van der Waals surface area contributed by atoms with Crippen molar-refractivity contribution >= 4 is 17.7 Å². The van der Waals surface area contributed by atoms with Gasteiger partial charge in [0.25, 0.3) is 11.8 Å². The maximum absolute atomic E-state index is 13.1. The topological polar surface area (TPSA) is 106 Å². The largest absolute Gasteiger partial charge is 0.494 e. The summed E-state index contributed by atoms with van der Waals surface area (Å²) in [6, 6.07) is 18.8. The van der Waals surface area contributed by atoms with Crippen molar-refractivity contribution in [3.63, 3.8) is 0 Å². The van der Waals surface area contributed by atoms with Crippen LogP contribution >= 0.6 is 0 Å². The maximum Gasteiger partial charge on any atom is 0.272 e. The summed E-state index contributed by atoms with van der Waals surface area (Å²) >= 11 is 0. The Morgan fingerprint density at radius 1 is 1.06 bits per heavy atom. The van der Waals surface area contributed by atoms with Crippen molar-refractivity contribution in [3.05, 3.63) is 83.2 Å². The van der Waals surface area contributed by atoms with Crippen LogP contribution in [0, 0.1) is 0 Å². The molecule has 0 fully saturated rings. The fourth-order valence-corrected chi connectivity index (χ4v) is 4.14. The molecule has 2 N–H and O–H groups in total. The molecular formula is C27H31N5O4. The number of hydrogen-bond donors (Lipinski definition) is 2. The molecule has 188 valence electrons. The zero-order valence-electron chi connectivity index (χ0n) is 20.8. The van der Waals surface area contributed by atoms with Crippen LogP contribution in [0.25, 0.3) is 0 Å². The van der Waals surface area contributed by atoms with Crippen molar-refractivity contribution in [2.24, 2.45) is 0 Å². The Hall–Kier alpha value is -4.14.